The minimum absolute atomic E-state index is 0.0721. The monoisotopic (exact) mass is 366 g/mol. The first kappa shape index (κ1) is 16.3. The largest absolute Gasteiger partial charge is 0.321 e. The highest BCUT2D eigenvalue weighted by atomic mass is 32.2. The van der Waals surface area contributed by atoms with Crippen LogP contribution in [0.2, 0.25) is 0 Å². The number of amides is 1. The van der Waals surface area contributed by atoms with Gasteiger partial charge in [-0.05, 0) is 37.3 Å². The van der Waals surface area contributed by atoms with Gasteiger partial charge in [0.1, 0.15) is 0 Å². The highest BCUT2D eigenvalue weighted by molar-refractivity contribution is 7.93. The van der Waals surface area contributed by atoms with E-state index < -0.39 is 10.0 Å². The van der Waals surface area contributed by atoms with E-state index >= 15 is 0 Å². The third-order valence-electron chi connectivity index (χ3n) is 4.30. The molecular formula is C19H14N2O4S. The fourth-order valence-corrected chi connectivity index (χ4v) is 4.36. The average Bonchev–Trinajstić information content (AvgIpc) is 2.93. The fraction of sp³-hybridized carbons (Fsp3) is 0.0526. The summed E-state index contributed by atoms with van der Waals surface area (Å²) in [6.45, 7) is 1.42. The molecule has 0 fully saturated rings. The van der Waals surface area contributed by atoms with Crippen molar-refractivity contribution in [2.45, 2.75) is 11.8 Å². The Bertz CT molecular complexity index is 1200. The van der Waals surface area contributed by atoms with Crippen LogP contribution in [0.4, 0.5) is 11.4 Å². The maximum atomic E-state index is 12.9. The van der Waals surface area contributed by atoms with E-state index in [4.69, 9.17) is 0 Å². The van der Waals surface area contributed by atoms with Crippen molar-refractivity contribution in [1.29, 1.82) is 0 Å². The molecule has 1 aliphatic rings. The summed E-state index contributed by atoms with van der Waals surface area (Å²) < 4.78 is 28.3. The molecule has 1 heterocycles. The molecular weight excluding hydrogens is 352 g/mol. The zero-order valence-electron chi connectivity index (χ0n) is 13.7. The standard InChI is InChI=1S/C19H14N2O4S/c1-11(22)12-4-2-5-13(10-12)21-26(24,25)17-9-8-16-18-14(17)6-3-7-15(18)19(23)20-16/h2-10,21H,1H3,(H,20,23). The number of hydrogen-bond donors (Lipinski definition) is 2. The van der Waals surface area contributed by atoms with Crippen molar-refractivity contribution in [1.82, 2.24) is 0 Å². The summed E-state index contributed by atoms with van der Waals surface area (Å²) in [6, 6.07) is 14.3. The third kappa shape index (κ3) is 2.53. The van der Waals surface area contributed by atoms with E-state index in [9.17, 15) is 18.0 Å². The lowest BCUT2D eigenvalue weighted by Crippen LogP contribution is -2.13. The van der Waals surface area contributed by atoms with Crippen LogP contribution in [0.1, 0.15) is 27.6 Å². The minimum Gasteiger partial charge on any atom is -0.321 e. The molecule has 3 aromatic rings. The Labute approximate surface area is 149 Å². The normalized spacial score (nSPS) is 12.9. The first-order valence-electron chi connectivity index (χ1n) is 7.88. The van der Waals surface area contributed by atoms with Gasteiger partial charge in [-0.3, -0.25) is 14.3 Å². The molecule has 0 aromatic heterocycles. The number of benzene rings is 3. The molecule has 3 aromatic carbocycles. The molecule has 7 heteroatoms. The van der Waals surface area contributed by atoms with E-state index in [1.165, 1.54) is 19.1 Å². The molecule has 1 amide bonds. The van der Waals surface area contributed by atoms with Gasteiger partial charge < -0.3 is 5.32 Å². The van der Waals surface area contributed by atoms with Gasteiger partial charge in [0, 0.05) is 33.3 Å². The van der Waals surface area contributed by atoms with Crippen LogP contribution in [0.15, 0.2) is 59.5 Å². The highest BCUT2D eigenvalue weighted by Crippen LogP contribution is 2.36. The topological polar surface area (TPSA) is 92.3 Å². The highest BCUT2D eigenvalue weighted by Gasteiger charge is 2.26. The average molecular weight is 366 g/mol. The van der Waals surface area contributed by atoms with Crippen molar-refractivity contribution in [3.8, 4) is 0 Å². The van der Waals surface area contributed by atoms with Crippen LogP contribution in [-0.4, -0.2) is 20.1 Å². The van der Waals surface area contributed by atoms with Gasteiger partial charge in [-0.15, -0.1) is 0 Å². The molecule has 4 rings (SSSR count). The molecule has 6 nitrogen and oxygen atoms in total. The van der Waals surface area contributed by atoms with Crippen LogP contribution in [0.3, 0.4) is 0 Å². The summed E-state index contributed by atoms with van der Waals surface area (Å²) >= 11 is 0. The Morgan fingerprint density at radius 3 is 2.58 bits per heavy atom. The number of carbonyl (C=O) groups is 2. The van der Waals surface area contributed by atoms with Crippen molar-refractivity contribution >= 4 is 43.9 Å². The van der Waals surface area contributed by atoms with Crippen LogP contribution >= 0.6 is 0 Å². The van der Waals surface area contributed by atoms with Crippen molar-refractivity contribution in [3.63, 3.8) is 0 Å². The van der Waals surface area contributed by atoms with Crippen molar-refractivity contribution in [2.24, 2.45) is 0 Å². The van der Waals surface area contributed by atoms with Gasteiger partial charge in [0.05, 0.1) is 4.90 Å². The molecule has 0 bridgehead atoms. The lowest BCUT2D eigenvalue weighted by Gasteiger charge is -2.12. The predicted octanol–water partition coefficient (Wildman–Crippen LogP) is 3.41. The van der Waals surface area contributed by atoms with E-state index in [-0.39, 0.29) is 16.6 Å². The predicted molar refractivity (Wildman–Crippen MR) is 99.2 cm³/mol. The van der Waals surface area contributed by atoms with E-state index in [1.54, 1.807) is 42.5 Å². The Morgan fingerprint density at radius 2 is 1.81 bits per heavy atom. The quantitative estimate of drug-likeness (QED) is 0.692. The summed E-state index contributed by atoms with van der Waals surface area (Å²) in [7, 11) is -3.91. The first-order valence-corrected chi connectivity index (χ1v) is 9.36. The number of ketones is 1. The molecule has 0 spiro atoms. The van der Waals surface area contributed by atoms with Crippen LogP contribution in [-0.2, 0) is 10.0 Å². The van der Waals surface area contributed by atoms with Crippen molar-refractivity contribution in [2.75, 3.05) is 10.0 Å². The van der Waals surface area contributed by atoms with Gasteiger partial charge in [-0.25, -0.2) is 8.42 Å². The minimum atomic E-state index is -3.91. The number of rotatable bonds is 4. The second-order valence-electron chi connectivity index (χ2n) is 6.04. The first-order chi connectivity index (χ1) is 12.4. The zero-order chi connectivity index (χ0) is 18.5. The summed E-state index contributed by atoms with van der Waals surface area (Å²) in [5.41, 5.74) is 1.77. The van der Waals surface area contributed by atoms with E-state index in [2.05, 4.69) is 10.0 Å². The Hall–Kier alpha value is -3.19. The smallest absolute Gasteiger partial charge is 0.262 e. The third-order valence-corrected chi connectivity index (χ3v) is 5.74. The maximum absolute atomic E-state index is 12.9. The number of carbonyl (C=O) groups excluding carboxylic acids is 2. The molecule has 0 unspecified atom stereocenters. The van der Waals surface area contributed by atoms with Gasteiger partial charge in [0.15, 0.2) is 5.78 Å². The van der Waals surface area contributed by atoms with Gasteiger partial charge in [0.2, 0.25) is 0 Å². The van der Waals surface area contributed by atoms with Gasteiger partial charge in [-0.1, -0.05) is 24.3 Å². The number of nitrogens with one attached hydrogen (secondary N) is 2. The van der Waals surface area contributed by atoms with Crippen LogP contribution in [0.25, 0.3) is 10.8 Å². The van der Waals surface area contributed by atoms with E-state index in [0.717, 1.165) is 0 Å². The van der Waals surface area contributed by atoms with Gasteiger partial charge >= 0.3 is 0 Å². The Balaban J connectivity index is 1.83. The molecule has 0 atom stereocenters. The van der Waals surface area contributed by atoms with Crippen LogP contribution < -0.4 is 10.0 Å². The maximum Gasteiger partial charge on any atom is 0.262 e. The Kier molecular flexibility index (Phi) is 3.55. The summed E-state index contributed by atoms with van der Waals surface area (Å²) in [5.74, 6) is -0.400. The molecule has 0 radical (unpaired) electrons. The fourth-order valence-electron chi connectivity index (χ4n) is 3.11. The zero-order valence-corrected chi connectivity index (χ0v) is 14.6. The molecule has 0 saturated heterocycles. The molecule has 0 aliphatic carbocycles. The van der Waals surface area contributed by atoms with E-state index in [0.29, 0.717) is 33.3 Å². The van der Waals surface area contributed by atoms with Crippen LogP contribution in [0, 0.1) is 0 Å². The number of Topliss-reactive ketones (excluding diaryl/α,β-unsaturated/α-hetero) is 1. The van der Waals surface area contributed by atoms with E-state index in [1.807, 2.05) is 0 Å². The van der Waals surface area contributed by atoms with Crippen molar-refractivity contribution in [3.05, 3.63) is 65.7 Å². The Morgan fingerprint density at radius 1 is 1.04 bits per heavy atom. The molecule has 0 saturated carbocycles. The second kappa shape index (κ2) is 5.67. The molecule has 130 valence electrons. The van der Waals surface area contributed by atoms with Gasteiger partial charge in [-0.2, -0.15) is 0 Å². The summed E-state index contributed by atoms with van der Waals surface area (Å²) in [4.78, 5) is 23.6. The summed E-state index contributed by atoms with van der Waals surface area (Å²) in [5, 5.41) is 3.79. The van der Waals surface area contributed by atoms with Crippen LogP contribution in [0.5, 0.6) is 0 Å². The van der Waals surface area contributed by atoms with Crippen molar-refractivity contribution < 1.29 is 18.0 Å². The molecule has 26 heavy (non-hydrogen) atoms. The second-order valence-corrected chi connectivity index (χ2v) is 7.69. The molecule has 2 N–H and O–H groups in total. The lowest BCUT2D eigenvalue weighted by atomic mass is 10.1. The number of sulfonamides is 1. The van der Waals surface area contributed by atoms with Gasteiger partial charge in [0.25, 0.3) is 15.9 Å². The lowest BCUT2D eigenvalue weighted by molar-refractivity contribution is 0.101. The molecule has 1 aliphatic heterocycles. The SMILES string of the molecule is CC(=O)c1cccc(NS(=O)(=O)c2ccc3c4c(cccc24)C(=O)N3)c1. The summed E-state index contributed by atoms with van der Waals surface area (Å²) in [6.07, 6.45) is 0. The number of hydrogen-bond acceptors (Lipinski definition) is 4. The number of anilines is 2.